The van der Waals surface area contributed by atoms with Gasteiger partial charge in [-0.05, 0) is 40.8 Å². The number of rotatable bonds is 5. The largest absolute Gasteiger partial charge is 0.496 e. The van der Waals surface area contributed by atoms with Gasteiger partial charge < -0.3 is 10.1 Å². The van der Waals surface area contributed by atoms with Gasteiger partial charge in [0.15, 0.2) is 0 Å². The maximum absolute atomic E-state index is 12.8. The molecule has 0 radical (unpaired) electrons. The predicted octanol–water partition coefficient (Wildman–Crippen LogP) is 5.21. The number of hydrogen-bond donors (Lipinski definition) is 1. The van der Waals surface area contributed by atoms with E-state index in [-0.39, 0.29) is 5.91 Å². The van der Waals surface area contributed by atoms with Crippen LogP contribution in [0.15, 0.2) is 65.6 Å². The minimum atomic E-state index is -0.165. The van der Waals surface area contributed by atoms with Crippen LogP contribution in [0.1, 0.15) is 17.3 Å². The number of benzene rings is 3. The summed E-state index contributed by atoms with van der Waals surface area (Å²) in [6.07, 6.45) is 0. The molecular formula is C20H19NO2S. The molecule has 0 aliphatic heterocycles. The van der Waals surface area contributed by atoms with E-state index in [1.54, 1.807) is 18.9 Å². The molecule has 0 aliphatic rings. The third-order valence-electron chi connectivity index (χ3n) is 3.75. The molecule has 0 spiro atoms. The summed E-state index contributed by atoms with van der Waals surface area (Å²) in [5.74, 6) is 1.36. The number of carbonyl (C=O) groups excluding carboxylic acids is 1. The SMILES string of the molecule is CCSc1ccccc1NC(=O)c1cc2ccccc2cc1OC. The highest BCUT2D eigenvalue weighted by molar-refractivity contribution is 7.99. The molecule has 3 nitrogen and oxygen atoms in total. The van der Waals surface area contributed by atoms with Crippen LogP contribution in [0.2, 0.25) is 0 Å². The van der Waals surface area contributed by atoms with Gasteiger partial charge >= 0.3 is 0 Å². The Kier molecular flexibility index (Phi) is 5.06. The lowest BCUT2D eigenvalue weighted by Gasteiger charge is -2.13. The van der Waals surface area contributed by atoms with Gasteiger partial charge in [0.05, 0.1) is 18.4 Å². The number of carbonyl (C=O) groups is 1. The van der Waals surface area contributed by atoms with E-state index in [9.17, 15) is 4.79 Å². The van der Waals surface area contributed by atoms with E-state index in [4.69, 9.17) is 4.74 Å². The van der Waals surface area contributed by atoms with Gasteiger partial charge in [0.1, 0.15) is 5.75 Å². The molecule has 0 unspecified atom stereocenters. The van der Waals surface area contributed by atoms with Crippen LogP contribution in [-0.2, 0) is 0 Å². The second-order valence-electron chi connectivity index (χ2n) is 5.28. The molecule has 1 N–H and O–H groups in total. The van der Waals surface area contributed by atoms with Gasteiger partial charge in [-0.2, -0.15) is 0 Å². The smallest absolute Gasteiger partial charge is 0.259 e. The van der Waals surface area contributed by atoms with Gasteiger partial charge in [0.2, 0.25) is 0 Å². The second kappa shape index (κ2) is 7.41. The molecule has 122 valence electrons. The zero-order valence-corrected chi connectivity index (χ0v) is 14.5. The molecule has 3 aromatic carbocycles. The minimum Gasteiger partial charge on any atom is -0.496 e. The van der Waals surface area contributed by atoms with E-state index < -0.39 is 0 Å². The van der Waals surface area contributed by atoms with Crippen LogP contribution < -0.4 is 10.1 Å². The van der Waals surface area contributed by atoms with Crippen molar-refractivity contribution >= 4 is 34.1 Å². The molecule has 0 saturated heterocycles. The standard InChI is InChI=1S/C20H19NO2S/c1-3-24-19-11-7-6-10-17(19)21-20(22)16-12-14-8-4-5-9-15(14)13-18(16)23-2/h4-13H,3H2,1-2H3,(H,21,22). The molecule has 0 bridgehead atoms. The fraction of sp³-hybridized carbons (Fsp3) is 0.150. The normalized spacial score (nSPS) is 10.6. The van der Waals surface area contributed by atoms with Crippen LogP contribution in [0.5, 0.6) is 5.75 Å². The Hall–Kier alpha value is -2.46. The maximum atomic E-state index is 12.8. The van der Waals surface area contributed by atoms with Crippen molar-refractivity contribution in [2.75, 3.05) is 18.2 Å². The minimum absolute atomic E-state index is 0.165. The number of anilines is 1. The van der Waals surface area contributed by atoms with Crippen molar-refractivity contribution in [2.24, 2.45) is 0 Å². The summed E-state index contributed by atoms with van der Waals surface area (Å²) in [5.41, 5.74) is 1.36. The van der Waals surface area contributed by atoms with Crippen molar-refractivity contribution < 1.29 is 9.53 Å². The van der Waals surface area contributed by atoms with Crippen molar-refractivity contribution in [3.8, 4) is 5.75 Å². The molecule has 3 rings (SSSR count). The molecule has 0 heterocycles. The van der Waals surface area contributed by atoms with Crippen molar-refractivity contribution in [3.63, 3.8) is 0 Å². The monoisotopic (exact) mass is 337 g/mol. The number of nitrogens with one attached hydrogen (secondary N) is 1. The summed E-state index contributed by atoms with van der Waals surface area (Å²) in [6, 6.07) is 19.5. The summed E-state index contributed by atoms with van der Waals surface area (Å²) in [6.45, 7) is 2.09. The predicted molar refractivity (Wildman–Crippen MR) is 101 cm³/mol. The highest BCUT2D eigenvalue weighted by Gasteiger charge is 2.15. The maximum Gasteiger partial charge on any atom is 0.259 e. The first-order valence-electron chi connectivity index (χ1n) is 7.83. The van der Waals surface area contributed by atoms with Crippen LogP contribution in [-0.4, -0.2) is 18.8 Å². The number of ether oxygens (including phenoxy) is 1. The van der Waals surface area contributed by atoms with E-state index in [1.807, 2.05) is 60.7 Å². The molecule has 0 saturated carbocycles. The van der Waals surface area contributed by atoms with Gasteiger partial charge in [-0.15, -0.1) is 11.8 Å². The molecule has 0 atom stereocenters. The first-order valence-corrected chi connectivity index (χ1v) is 8.81. The fourth-order valence-electron chi connectivity index (χ4n) is 2.61. The van der Waals surface area contributed by atoms with Crippen molar-refractivity contribution in [2.45, 2.75) is 11.8 Å². The van der Waals surface area contributed by atoms with Crippen molar-refractivity contribution in [1.29, 1.82) is 0 Å². The summed E-state index contributed by atoms with van der Waals surface area (Å²) in [7, 11) is 1.59. The molecule has 1 amide bonds. The Balaban J connectivity index is 1.97. The Morgan fingerprint density at radius 3 is 2.42 bits per heavy atom. The molecular weight excluding hydrogens is 318 g/mol. The Labute approximate surface area is 146 Å². The Morgan fingerprint density at radius 1 is 1.04 bits per heavy atom. The molecule has 4 heteroatoms. The molecule has 24 heavy (non-hydrogen) atoms. The first kappa shape index (κ1) is 16.4. The summed E-state index contributed by atoms with van der Waals surface area (Å²) >= 11 is 1.71. The second-order valence-corrected chi connectivity index (χ2v) is 6.59. The third-order valence-corrected chi connectivity index (χ3v) is 4.70. The number of thioether (sulfide) groups is 1. The van der Waals surface area contributed by atoms with E-state index in [0.29, 0.717) is 11.3 Å². The number of hydrogen-bond acceptors (Lipinski definition) is 3. The lowest BCUT2D eigenvalue weighted by Crippen LogP contribution is -2.13. The average molecular weight is 337 g/mol. The van der Waals surface area contributed by atoms with E-state index >= 15 is 0 Å². The lowest BCUT2D eigenvalue weighted by molar-refractivity contribution is 0.102. The molecule has 0 fully saturated rings. The van der Waals surface area contributed by atoms with E-state index in [0.717, 1.165) is 27.1 Å². The number of para-hydroxylation sites is 1. The first-order chi connectivity index (χ1) is 11.7. The van der Waals surface area contributed by atoms with Gasteiger partial charge in [-0.3, -0.25) is 4.79 Å². The zero-order valence-electron chi connectivity index (χ0n) is 13.7. The molecule has 0 aromatic heterocycles. The number of fused-ring (bicyclic) bond motifs is 1. The lowest BCUT2D eigenvalue weighted by atomic mass is 10.1. The van der Waals surface area contributed by atoms with Crippen LogP contribution in [0, 0.1) is 0 Å². The molecule has 3 aromatic rings. The highest BCUT2D eigenvalue weighted by atomic mass is 32.2. The summed E-state index contributed by atoms with van der Waals surface area (Å²) in [5, 5.41) is 5.07. The Morgan fingerprint density at radius 2 is 1.71 bits per heavy atom. The number of amides is 1. The van der Waals surface area contributed by atoms with Gasteiger partial charge in [0, 0.05) is 4.90 Å². The third kappa shape index (κ3) is 3.39. The van der Waals surface area contributed by atoms with Crippen LogP contribution in [0.4, 0.5) is 5.69 Å². The quantitative estimate of drug-likeness (QED) is 0.649. The highest BCUT2D eigenvalue weighted by Crippen LogP contribution is 2.30. The van der Waals surface area contributed by atoms with Crippen LogP contribution in [0.3, 0.4) is 0 Å². The van der Waals surface area contributed by atoms with E-state index in [1.165, 1.54) is 0 Å². The van der Waals surface area contributed by atoms with Crippen molar-refractivity contribution in [1.82, 2.24) is 0 Å². The molecule has 0 aliphatic carbocycles. The van der Waals surface area contributed by atoms with Crippen molar-refractivity contribution in [3.05, 3.63) is 66.2 Å². The van der Waals surface area contributed by atoms with Gasteiger partial charge in [-0.1, -0.05) is 43.3 Å². The summed E-state index contributed by atoms with van der Waals surface area (Å²) < 4.78 is 5.42. The van der Waals surface area contributed by atoms with Gasteiger partial charge in [-0.25, -0.2) is 0 Å². The zero-order chi connectivity index (χ0) is 16.9. The average Bonchev–Trinajstić information content (AvgIpc) is 2.62. The van der Waals surface area contributed by atoms with Crippen LogP contribution in [0.25, 0.3) is 10.8 Å². The Bertz CT molecular complexity index is 876. The topological polar surface area (TPSA) is 38.3 Å². The summed E-state index contributed by atoms with van der Waals surface area (Å²) in [4.78, 5) is 13.9. The van der Waals surface area contributed by atoms with Gasteiger partial charge in [0.25, 0.3) is 5.91 Å². The number of methoxy groups -OCH3 is 1. The van der Waals surface area contributed by atoms with Crippen LogP contribution >= 0.6 is 11.8 Å². The van der Waals surface area contributed by atoms with E-state index in [2.05, 4.69) is 12.2 Å². The fourth-order valence-corrected chi connectivity index (χ4v) is 3.37.